The van der Waals surface area contributed by atoms with E-state index in [1.54, 1.807) is 30.3 Å². The van der Waals surface area contributed by atoms with E-state index in [2.05, 4.69) is 0 Å². The Bertz CT molecular complexity index is 771. The lowest BCUT2D eigenvalue weighted by Crippen LogP contribution is -2.04. The van der Waals surface area contributed by atoms with E-state index in [1.165, 1.54) is 6.07 Å². The Balaban J connectivity index is 2.37. The second-order valence-electron chi connectivity index (χ2n) is 6.27. The average molecular weight is 328 g/mol. The lowest BCUT2D eigenvalue weighted by Gasteiger charge is -2.14. The maximum atomic E-state index is 11.2. The van der Waals surface area contributed by atoms with Gasteiger partial charge < -0.3 is 0 Å². The van der Waals surface area contributed by atoms with Gasteiger partial charge in [0.2, 0.25) is 0 Å². The van der Waals surface area contributed by atoms with Crippen molar-refractivity contribution in [1.82, 2.24) is 0 Å². The highest BCUT2D eigenvalue weighted by Gasteiger charge is 2.20. The summed E-state index contributed by atoms with van der Waals surface area (Å²) in [5.41, 5.74) is 2.50. The maximum Gasteiger partial charge on any atom is 0.272 e. The third-order valence-corrected chi connectivity index (χ3v) is 4.08. The molecule has 6 nitrogen and oxygen atoms in total. The van der Waals surface area contributed by atoms with Gasteiger partial charge in [0.05, 0.1) is 9.85 Å². The van der Waals surface area contributed by atoms with Crippen LogP contribution in [0.2, 0.25) is 0 Å². The fraction of sp³-hybridized carbons (Fsp3) is 0.333. The lowest BCUT2D eigenvalue weighted by atomic mass is 9.90. The first-order valence-corrected chi connectivity index (χ1v) is 7.81. The molecule has 0 saturated carbocycles. The van der Waals surface area contributed by atoms with Gasteiger partial charge in [-0.05, 0) is 29.4 Å². The standard InChI is InChI=1S/C18H20N2O4/c1-12(2)15-9-14(10-16(11-15)19(21)22)8-13(3)17-6-4-5-7-18(17)20(23)24/h4-7,9-13H,8H2,1-3H3. The molecule has 0 N–H and O–H groups in total. The molecule has 0 heterocycles. The van der Waals surface area contributed by atoms with Crippen LogP contribution < -0.4 is 0 Å². The minimum atomic E-state index is -0.398. The van der Waals surface area contributed by atoms with Gasteiger partial charge in [-0.2, -0.15) is 0 Å². The molecule has 0 radical (unpaired) electrons. The summed E-state index contributed by atoms with van der Waals surface area (Å²) in [6, 6.07) is 11.7. The molecular formula is C18H20N2O4. The number of nitrogens with zero attached hydrogens (tertiary/aromatic N) is 2. The molecule has 2 aromatic carbocycles. The number of nitro benzene ring substituents is 2. The van der Waals surface area contributed by atoms with Gasteiger partial charge in [-0.1, -0.05) is 45.0 Å². The molecule has 0 aliphatic rings. The van der Waals surface area contributed by atoms with Gasteiger partial charge in [-0.15, -0.1) is 0 Å². The summed E-state index contributed by atoms with van der Waals surface area (Å²) in [6.07, 6.45) is 0.506. The van der Waals surface area contributed by atoms with Crippen LogP contribution in [0.3, 0.4) is 0 Å². The molecule has 2 aromatic rings. The summed E-state index contributed by atoms with van der Waals surface area (Å²) in [5, 5.41) is 22.3. The monoisotopic (exact) mass is 328 g/mol. The molecule has 0 saturated heterocycles. The zero-order valence-corrected chi connectivity index (χ0v) is 13.9. The summed E-state index contributed by atoms with van der Waals surface area (Å²) in [5.74, 6) is 0.0543. The van der Waals surface area contributed by atoms with Gasteiger partial charge in [0, 0.05) is 23.8 Å². The second-order valence-corrected chi connectivity index (χ2v) is 6.27. The van der Waals surface area contributed by atoms with Crippen molar-refractivity contribution in [3.8, 4) is 0 Å². The highest BCUT2D eigenvalue weighted by molar-refractivity contribution is 5.45. The van der Waals surface area contributed by atoms with Crippen molar-refractivity contribution in [2.45, 2.75) is 39.0 Å². The Morgan fingerprint density at radius 2 is 1.62 bits per heavy atom. The zero-order chi connectivity index (χ0) is 17.9. The maximum absolute atomic E-state index is 11.2. The van der Waals surface area contributed by atoms with Gasteiger partial charge in [0.1, 0.15) is 0 Å². The minimum absolute atomic E-state index is 0.0611. The molecule has 0 fully saturated rings. The summed E-state index contributed by atoms with van der Waals surface area (Å²) in [7, 11) is 0. The summed E-state index contributed by atoms with van der Waals surface area (Å²) >= 11 is 0. The van der Waals surface area contributed by atoms with Crippen LogP contribution in [0.15, 0.2) is 42.5 Å². The quantitative estimate of drug-likeness (QED) is 0.553. The fourth-order valence-electron chi connectivity index (χ4n) is 2.79. The summed E-state index contributed by atoms with van der Waals surface area (Å²) in [6.45, 7) is 5.86. The van der Waals surface area contributed by atoms with E-state index < -0.39 is 9.85 Å². The van der Waals surface area contributed by atoms with Crippen molar-refractivity contribution in [2.75, 3.05) is 0 Å². The molecular weight excluding hydrogens is 308 g/mol. The van der Waals surface area contributed by atoms with Crippen LogP contribution in [-0.2, 0) is 6.42 Å². The van der Waals surface area contributed by atoms with Gasteiger partial charge in [0.15, 0.2) is 0 Å². The molecule has 0 aromatic heterocycles. The van der Waals surface area contributed by atoms with Crippen molar-refractivity contribution in [3.05, 3.63) is 79.4 Å². The molecule has 126 valence electrons. The molecule has 24 heavy (non-hydrogen) atoms. The number of para-hydroxylation sites is 1. The van der Waals surface area contributed by atoms with Gasteiger partial charge in [0.25, 0.3) is 11.4 Å². The molecule has 2 rings (SSSR count). The second kappa shape index (κ2) is 7.21. The largest absolute Gasteiger partial charge is 0.272 e. The smallest absolute Gasteiger partial charge is 0.258 e. The molecule has 0 aliphatic heterocycles. The molecule has 0 spiro atoms. The van der Waals surface area contributed by atoms with E-state index in [-0.39, 0.29) is 23.2 Å². The van der Waals surface area contributed by atoms with Crippen LogP contribution in [-0.4, -0.2) is 9.85 Å². The molecule has 6 heteroatoms. The predicted octanol–water partition coefficient (Wildman–Crippen LogP) is 4.97. The zero-order valence-electron chi connectivity index (χ0n) is 13.9. The molecule has 0 amide bonds. The Kier molecular flexibility index (Phi) is 5.28. The van der Waals surface area contributed by atoms with Gasteiger partial charge >= 0.3 is 0 Å². The topological polar surface area (TPSA) is 86.3 Å². The SMILES string of the molecule is CC(C)c1cc(CC(C)c2ccccc2[N+](=O)[O-])cc([N+](=O)[O-])c1. The fourth-order valence-corrected chi connectivity index (χ4v) is 2.79. The number of benzene rings is 2. The minimum Gasteiger partial charge on any atom is -0.258 e. The summed E-state index contributed by atoms with van der Waals surface area (Å²) < 4.78 is 0. The lowest BCUT2D eigenvalue weighted by molar-refractivity contribution is -0.385. The van der Waals surface area contributed by atoms with Crippen LogP contribution in [0.25, 0.3) is 0 Å². The van der Waals surface area contributed by atoms with Crippen molar-refractivity contribution in [1.29, 1.82) is 0 Å². The van der Waals surface area contributed by atoms with E-state index in [0.717, 1.165) is 11.1 Å². The number of non-ortho nitro benzene ring substituents is 1. The number of hydrogen-bond acceptors (Lipinski definition) is 4. The first-order chi connectivity index (χ1) is 11.3. The Labute approximate surface area is 140 Å². The normalized spacial score (nSPS) is 12.2. The number of nitro groups is 2. The first-order valence-electron chi connectivity index (χ1n) is 7.81. The van der Waals surface area contributed by atoms with E-state index >= 15 is 0 Å². The molecule has 1 unspecified atom stereocenters. The van der Waals surface area contributed by atoms with Crippen LogP contribution in [0, 0.1) is 20.2 Å². The van der Waals surface area contributed by atoms with Crippen LogP contribution >= 0.6 is 0 Å². The average Bonchev–Trinajstić information content (AvgIpc) is 2.54. The summed E-state index contributed by atoms with van der Waals surface area (Å²) in [4.78, 5) is 21.5. The van der Waals surface area contributed by atoms with E-state index in [0.29, 0.717) is 12.0 Å². The van der Waals surface area contributed by atoms with E-state index in [4.69, 9.17) is 0 Å². The third kappa shape index (κ3) is 3.95. The Morgan fingerprint density at radius 1 is 0.958 bits per heavy atom. The van der Waals surface area contributed by atoms with Crippen molar-refractivity contribution in [2.24, 2.45) is 0 Å². The highest BCUT2D eigenvalue weighted by atomic mass is 16.6. The molecule has 0 aliphatic carbocycles. The van der Waals surface area contributed by atoms with Crippen molar-refractivity contribution < 1.29 is 9.85 Å². The van der Waals surface area contributed by atoms with E-state index in [1.807, 2.05) is 26.8 Å². The van der Waals surface area contributed by atoms with Crippen LogP contribution in [0.1, 0.15) is 49.3 Å². The third-order valence-electron chi connectivity index (χ3n) is 4.08. The predicted molar refractivity (Wildman–Crippen MR) is 92.4 cm³/mol. The Morgan fingerprint density at radius 3 is 2.21 bits per heavy atom. The highest BCUT2D eigenvalue weighted by Crippen LogP contribution is 2.31. The van der Waals surface area contributed by atoms with Gasteiger partial charge in [-0.25, -0.2) is 0 Å². The number of hydrogen-bond donors (Lipinski definition) is 0. The van der Waals surface area contributed by atoms with Crippen molar-refractivity contribution >= 4 is 11.4 Å². The van der Waals surface area contributed by atoms with Crippen LogP contribution in [0.5, 0.6) is 0 Å². The first kappa shape index (κ1) is 17.6. The number of rotatable bonds is 6. The van der Waals surface area contributed by atoms with Crippen molar-refractivity contribution in [3.63, 3.8) is 0 Å². The van der Waals surface area contributed by atoms with Crippen LogP contribution in [0.4, 0.5) is 11.4 Å². The molecule has 0 bridgehead atoms. The van der Waals surface area contributed by atoms with Gasteiger partial charge in [-0.3, -0.25) is 20.2 Å². The molecule has 1 atom stereocenters. The Hall–Kier alpha value is -2.76. The van der Waals surface area contributed by atoms with E-state index in [9.17, 15) is 20.2 Å².